The number of benzene rings is 4. The number of carbonyl (C=O) groups is 3. The van der Waals surface area contributed by atoms with Crippen molar-refractivity contribution >= 4 is 35.1 Å². The van der Waals surface area contributed by atoms with Crippen molar-refractivity contribution in [2.45, 2.75) is 79.1 Å². The van der Waals surface area contributed by atoms with Crippen LogP contribution in [0.15, 0.2) is 120 Å². The minimum Gasteiger partial charge on any atom is -0.444 e. The molecule has 0 saturated carbocycles. The fourth-order valence-corrected chi connectivity index (χ4v) is 6.56. The second-order valence-corrected chi connectivity index (χ2v) is 17.6. The Hall–Kier alpha value is -5.90. The maximum Gasteiger partial charge on any atom is 0.410 e. The van der Waals surface area contributed by atoms with Gasteiger partial charge in [-0.2, -0.15) is 0 Å². The first kappa shape index (κ1) is 44.2. The lowest BCUT2D eigenvalue weighted by molar-refractivity contribution is 0.00945. The summed E-state index contributed by atoms with van der Waals surface area (Å²) in [6.45, 7) is 17.5. The average molecular weight is 801 g/mol. The molecule has 3 amide bonds. The topological polar surface area (TPSA) is 101 Å². The zero-order chi connectivity index (χ0) is 42.8. The number of aliphatic imine (C=N–C) groups is 1. The van der Waals surface area contributed by atoms with E-state index in [-0.39, 0.29) is 45.8 Å². The Balaban J connectivity index is 1.60. The van der Waals surface area contributed by atoms with E-state index in [0.717, 1.165) is 39.0 Å². The van der Waals surface area contributed by atoms with Crippen LogP contribution in [0, 0.1) is 0 Å². The van der Waals surface area contributed by atoms with Crippen LogP contribution in [-0.4, -0.2) is 101 Å². The van der Waals surface area contributed by atoms with Crippen molar-refractivity contribution in [1.82, 2.24) is 14.7 Å². The van der Waals surface area contributed by atoms with Gasteiger partial charge < -0.3 is 28.9 Å². The molecule has 1 aliphatic rings. The van der Waals surface area contributed by atoms with Crippen LogP contribution in [0.4, 0.5) is 14.4 Å². The number of carbonyl (C=O) groups excluding carboxylic acids is 3. The Kier molecular flexibility index (Phi) is 14.4. The summed E-state index contributed by atoms with van der Waals surface area (Å²) in [5.41, 5.74) is 5.64. The summed E-state index contributed by atoms with van der Waals surface area (Å²) < 4.78 is 17.4. The van der Waals surface area contributed by atoms with Crippen LogP contribution in [0.3, 0.4) is 0 Å². The molecule has 59 heavy (non-hydrogen) atoms. The Morgan fingerprint density at radius 2 is 0.763 bits per heavy atom. The summed E-state index contributed by atoms with van der Waals surface area (Å²) >= 11 is 0. The average Bonchev–Trinajstić information content (AvgIpc) is 3.16. The molecular formula is C49H60N4O6. The van der Waals surface area contributed by atoms with E-state index in [4.69, 9.17) is 19.2 Å². The Labute approximate surface area is 350 Å². The third-order valence-corrected chi connectivity index (χ3v) is 9.19. The normalized spacial score (nSPS) is 14.6. The van der Waals surface area contributed by atoms with Crippen LogP contribution < -0.4 is 0 Å². The minimum absolute atomic E-state index is 0.101. The fraction of sp³-hybridized carbons (Fsp3) is 0.388. The third kappa shape index (κ3) is 13.3. The molecule has 1 aliphatic heterocycles. The molecule has 0 radical (unpaired) electrons. The quantitative estimate of drug-likeness (QED) is 0.147. The smallest absolute Gasteiger partial charge is 0.410 e. The van der Waals surface area contributed by atoms with Crippen molar-refractivity contribution in [1.29, 1.82) is 0 Å². The molecule has 0 N–H and O–H groups in total. The lowest BCUT2D eigenvalue weighted by Gasteiger charge is -2.33. The fourth-order valence-electron chi connectivity index (χ4n) is 6.56. The lowest BCUT2D eigenvalue weighted by atomic mass is 9.85. The maximum absolute atomic E-state index is 13.9. The van der Waals surface area contributed by atoms with E-state index in [1.165, 1.54) is 4.90 Å². The van der Waals surface area contributed by atoms with Gasteiger partial charge in [0.15, 0.2) is 0 Å². The molecule has 5 rings (SSSR count). The zero-order valence-corrected chi connectivity index (χ0v) is 36.2. The lowest BCUT2D eigenvalue weighted by Crippen LogP contribution is -2.49. The monoisotopic (exact) mass is 800 g/mol. The predicted octanol–water partition coefficient (Wildman–Crippen LogP) is 10.2. The zero-order valence-electron chi connectivity index (χ0n) is 36.2. The van der Waals surface area contributed by atoms with E-state index >= 15 is 0 Å². The molecule has 10 nitrogen and oxygen atoms in total. The van der Waals surface area contributed by atoms with Crippen LogP contribution in [0.2, 0.25) is 0 Å². The van der Waals surface area contributed by atoms with E-state index in [0.29, 0.717) is 5.71 Å². The van der Waals surface area contributed by atoms with Gasteiger partial charge in [-0.05, 0) is 101 Å². The Bertz CT molecular complexity index is 2040. The van der Waals surface area contributed by atoms with Crippen molar-refractivity contribution in [3.05, 3.63) is 143 Å². The highest BCUT2D eigenvalue weighted by Crippen LogP contribution is 2.37. The molecule has 0 fully saturated rings. The molecule has 0 aliphatic carbocycles. The number of ether oxygens (including phenoxy) is 3. The summed E-state index contributed by atoms with van der Waals surface area (Å²) in [5, 5.41) is 0. The summed E-state index contributed by atoms with van der Waals surface area (Å²) in [5.74, 6) is 0. The van der Waals surface area contributed by atoms with Crippen molar-refractivity contribution < 1.29 is 28.6 Å². The van der Waals surface area contributed by atoms with Crippen LogP contribution in [0.1, 0.15) is 90.1 Å². The van der Waals surface area contributed by atoms with Gasteiger partial charge in [-0.15, -0.1) is 0 Å². The Morgan fingerprint density at radius 3 is 1.14 bits per heavy atom. The largest absolute Gasteiger partial charge is 0.444 e. The summed E-state index contributed by atoms with van der Waals surface area (Å²) in [6, 6.07) is 39.4. The molecule has 0 aromatic heterocycles. The number of nitrogens with zero attached hydrogens (tertiary/aromatic N) is 4. The SMILES string of the molecule is CC(C)(C)OC(=O)N1CCN=C(c2ccc(C(=C(c3ccccc3)c3ccccc3)c3ccccc3)cc2)CN(C(=O)OC(C)(C)C)CCN(C(=O)OC(C)(C)C)CC1. The van der Waals surface area contributed by atoms with Gasteiger partial charge >= 0.3 is 18.3 Å². The molecule has 1 heterocycles. The molecular weight excluding hydrogens is 741 g/mol. The van der Waals surface area contributed by atoms with Crippen LogP contribution in [0.25, 0.3) is 11.1 Å². The van der Waals surface area contributed by atoms with Gasteiger partial charge in [-0.25, -0.2) is 14.4 Å². The molecule has 0 bridgehead atoms. The molecule has 4 aromatic carbocycles. The minimum atomic E-state index is -0.756. The second kappa shape index (κ2) is 19.2. The second-order valence-electron chi connectivity index (χ2n) is 17.6. The summed E-state index contributed by atoms with van der Waals surface area (Å²) in [4.78, 5) is 50.7. The van der Waals surface area contributed by atoms with Crippen molar-refractivity contribution in [2.24, 2.45) is 4.99 Å². The van der Waals surface area contributed by atoms with Gasteiger partial charge in [0.05, 0.1) is 18.8 Å². The summed E-state index contributed by atoms with van der Waals surface area (Å²) in [6.07, 6.45) is -1.56. The highest BCUT2D eigenvalue weighted by molar-refractivity contribution is 6.06. The molecule has 312 valence electrons. The van der Waals surface area contributed by atoms with Crippen LogP contribution in [-0.2, 0) is 14.2 Å². The first-order valence-electron chi connectivity index (χ1n) is 20.4. The van der Waals surface area contributed by atoms with E-state index in [1.807, 2.05) is 84.0 Å². The third-order valence-electron chi connectivity index (χ3n) is 9.19. The van der Waals surface area contributed by atoms with Gasteiger partial charge in [0.1, 0.15) is 16.8 Å². The number of hydrogen-bond acceptors (Lipinski definition) is 7. The van der Waals surface area contributed by atoms with Crippen LogP contribution >= 0.6 is 0 Å². The highest BCUT2D eigenvalue weighted by atomic mass is 16.6. The maximum atomic E-state index is 13.9. The number of amides is 3. The van der Waals surface area contributed by atoms with Gasteiger partial charge in [0.2, 0.25) is 0 Å². The molecule has 0 atom stereocenters. The number of rotatable bonds is 5. The molecule has 0 unspecified atom stereocenters. The number of hydrogen-bond donors (Lipinski definition) is 0. The van der Waals surface area contributed by atoms with Gasteiger partial charge in [0.25, 0.3) is 0 Å². The standard InChI is InChI=1S/C49H60N4O6/c1-47(2,3)57-44(54)51-30-29-50-41(35-53(46(56)59-49(7,8)9)34-33-52(32-31-51)45(55)58-48(4,5)6)36-25-27-40(28-26-36)43(39-23-17-12-18-24-39)42(37-19-13-10-14-20-37)38-21-15-11-16-22-38/h10-28H,29-35H2,1-9H3. The van der Waals surface area contributed by atoms with E-state index in [1.54, 1.807) is 30.6 Å². The highest BCUT2D eigenvalue weighted by Gasteiger charge is 2.30. The van der Waals surface area contributed by atoms with Gasteiger partial charge in [-0.3, -0.25) is 4.99 Å². The van der Waals surface area contributed by atoms with E-state index < -0.39 is 35.1 Å². The molecule has 10 heteroatoms. The van der Waals surface area contributed by atoms with Crippen LogP contribution in [0.5, 0.6) is 0 Å². The Morgan fingerprint density at radius 1 is 0.441 bits per heavy atom. The first-order chi connectivity index (χ1) is 27.9. The first-order valence-corrected chi connectivity index (χ1v) is 20.4. The van der Waals surface area contributed by atoms with Crippen molar-refractivity contribution in [2.75, 3.05) is 45.8 Å². The predicted molar refractivity (Wildman–Crippen MR) is 236 cm³/mol. The van der Waals surface area contributed by atoms with E-state index in [9.17, 15) is 14.4 Å². The van der Waals surface area contributed by atoms with Gasteiger partial charge in [0, 0.05) is 32.7 Å². The van der Waals surface area contributed by atoms with Crippen molar-refractivity contribution in [3.8, 4) is 0 Å². The van der Waals surface area contributed by atoms with Crippen molar-refractivity contribution in [3.63, 3.8) is 0 Å². The molecule has 0 saturated heterocycles. The van der Waals surface area contributed by atoms with E-state index in [2.05, 4.69) is 72.8 Å². The summed E-state index contributed by atoms with van der Waals surface area (Å²) in [7, 11) is 0. The molecule has 4 aromatic rings. The van der Waals surface area contributed by atoms with Gasteiger partial charge in [-0.1, -0.05) is 115 Å². The molecule has 0 spiro atoms.